The maximum absolute atomic E-state index is 6.10. The summed E-state index contributed by atoms with van der Waals surface area (Å²) in [7, 11) is 0. The number of nitrogens with zero attached hydrogens (tertiary/aromatic N) is 4. The lowest BCUT2D eigenvalue weighted by Crippen LogP contribution is -2.04. The van der Waals surface area contributed by atoms with Gasteiger partial charge in [0.2, 0.25) is 0 Å². The summed E-state index contributed by atoms with van der Waals surface area (Å²) in [5, 5.41) is 2.32. The van der Waals surface area contributed by atoms with E-state index in [1.807, 2.05) is 30.3 Å². The van der Waals surface area contributed by atoms with Gasteiger partial charge in [-0.3, -0.25) is 0 Å². The topological polar surface area (TPSA) is 69.6 Å². The number of fused-ring (bicyclic) bond motifs is 2. The van der Waals surface area contributed by atoms with Gasteiger partial charge < -0.3 is 10.3 Å². The number of hydrogen-bond donors (Lipinski definition) is 1. The standard InChI is InChI=1S/C22H17N5/c23-20-19-22(25-14-24-20)27(13-15-7-2-1-3-8-15)21(26-19)18-12-6-10-16-9-4-5-11-17(16)18/h1-12,14H,13H2,(H2,23,24,25). The first-order valence-electron chi connectivity index (χ1n) is 8.80. The molecule has 0 radical (unpaired) electrons. The molecule has 2 N–H and O–H groups in total. The van der Waals surface area contributed by atoms with E-state index >= 15 is 0 Å². The van der Waals surface area contributed by atoms with Gasteiger partial charge in [-0.1, -0.05) is 72.8 Å². The van der Waals surface area contributed by atoms with E-state index in [-0.39, 0.29) is 0 Å². The van der Waals surface area contributed by atoms with Crippen LogP contribution in [0.25, 0.3) is 33.3 Å². The lowest BCUT2D eigenvalue weighted by Gasteiger charge is -2.11. The fourth-order valence-electron chi connectivity index (χ4n) is 3.50. The molecule has 5 heteroatoms. The van der Waals surface area contributed by atoms with Crippen LogP contribution in [0.2, 0.25) is 0 Å². The van der Waals surface area contributed by atoms with Crippen LogP contribution in [0.5, 0.6) is 0 Å². The third-order valence-corrected chi connectivity index (χ3v) is 4.77. The molecule has 5 rings (SSSR count). The molecule has 2 aromatic heterocycles. The fourth-order valence-corrected chi connectivity index (χ4v) is 3.50. The van der Waals surface area contributed by atoms with E-state index in [2.05, 4.69) is 57.0 Å². The number of nitrogen functional groups attached to an aromatic ring is 1. The number of aromatic nitrogens is 4. The van der Waals surface area contributed by atoms with Gasteiger partial charge >= 0.3 is 0 Å². The number of benzene rings is 3. The largest absolute Gasteiger partial charge is 0.382 e. The van der Waals surface area contributed by atoms with E-state index < -0.39 is 0 Å². The molecule has 0 amide bonds. The highest BCUT2D eigenvalue weighted by atomic mass is 15.2. The molecule has 0 bridgehead atoms. The first kappa shape index (κ1) is 15.5. The second-order valence-electron chi connectivity index (χ2n) is 6.46. The average molecular weight is 351 g/mol. The zero-order chi connectivity index (χ0) is 18.2. The van der Waals surface area contributed by atoms with Crippen LogP contribution < -0.4 is 5.73 Å². The van der Waals surface area contributed by atoms with Crippen molar-refractivity contribution in [3.63, 3.8) is 0 Å². The Kier molecular flexibility index (Phi) is 3.57. The molecule has 5 nitrogen and oxygen atoms in total. The van der Waals surface area contributed by atoms with Crippen molar-refractivity contribution in [2.75, 3.05) is 5.73 Å². The number of imidazole rings is 1. The molecule has 0 spiro atoms. The zero-order valence-corrected chi connectivity index (χ0v) is 14.6. The molecule has 0 atom stereocenters. The summed E-state index contributed by atoms with van der Waals surface area (Å²) in [6.07, 6.45) is 1.49. The smallest absolute Gasteiger partial charge is 0.166 e. The van der Waals surface area contributed by atoms with Crippen molar-refractivity contribution in [1.82, 2.24) is 19.5 Å². The molecule has 0 saturated carbocycles. The average Bonchev–Trinajstić information content (AvgIpc) is 3.08. The number of nitrogens with two attached hydrogens (primary N) is 1. The lowest BCUT2D eigenvalue weighted by molar-refractivity contribution is 0.823. The molecular formula is C22H17N5. The maximum Gasteiger partial charge on any atom is 0.166 e. The summed E-state index contributed by atoms with van der Waals surface area (Å²) in [5.41, 5.74) is 9.71. The van der Waals surface area contributed by atoms with Crippen LogP contribution in [-0.2, 0) is 6.54 Å². The van der Waals surface area contributed by atoms with Gasteiger partial charge in [0.15, 0.2) is 17.0 Å². The molecule has 0 aliphatic heterocycles. The molecule has 5 aromatic rings. The van der Waals surface area contributed by atoms with Gasteiger partial charge in [0.05, 0.1) is 6.54 Å². The quantitative estimate of drug-likeness (QED) is 0.527. The van der Waals surface area contributed by atoms with Crippen molar-refractivity contribution in [2.45, 2.75) is 6.54 Å². The van der Waals surface area contributed by atoms with Gasteiger partial charge in [-0.2, -0.15) is 0 Å². The van der Waals surface area contributed by atoms with Crippen molar-refractivity contribution < 1.29 is 0 Å². The Morgan fingerprint density at radius 2 is 1.59 bits per heavy atom. The van der Waals surface area contributed by atoms with Crippen molar-refractivity contribution >= 4 is 27.8 Å². The SMILES string of the molecule is Nc1ncnc2c1nc(-c1cccc3ccccc13)n2Cc1ccccc1. The third-order valence-electron chi connectivity index (χ3n) is 4.77. The minimum absolute atomic E-state index is 0.397. The highest BCUT2D eigenvalue weighted by Crippen LogP contribution is 2.31. The predicted octanol–water partition coefficient (Wildman–Crippen LogP) is 4.28. The first-order valence-corrected chi connectivity index (χ1v) is 8.80. The Labute approximate surface area is 156 Å². The summed E-state index contributed by atoms with van der Waals surface area (Å²) in [4.78, 5) is 13.4. The predicted molar refractivity (Wildman–Crippen MR) is 108 cm³/mol. The van der Waals surface area contributed by atoms with Gasteiger partial charge in [0.1, 0.15) is 12.2 Å². The van der Waals surface area contributed by atoms with Crippen LogP contribution in [-0.4, -0.2) is 19.5 Å². The summed E-state index contributed by atoms with van der Waals surface area (Å²) < 4.78 is 2.12. The minimum Gasteiger partial charge on any atom is -0.382 e. The number of rotatable bonds is 3. The van der Waals surface area contributed by atoms with Gasteiger partial charge in [0.25, 0.3) is 0 Å². The Balaban J connectivity index is 1.81. The molecule has 0 saturated heterocycles. The van der Waals surface area contributed by atoms with Crippen LogP contribution in [0, 0.1) is 0 Å². The van der Waals surface area contributed by atoms with Crippen molar-refractivity contribution in [3.05, 3.63) is 84.7 Å². The van der Waals surface area contributed by atoms with E-state index in [0.29, 0.717) is 17.9 Å². The molecule has 27 heavy (non-hydrogen) atoms. The first-order chi connectivity index (χ1) is 13.3. The Hall–Kier alpha value is -3.73. The molecule has 130 valence electrons. The van der Waals surface area contributed by atoms with E-state index in [0.717, 1.165) is 22.4 Å². The van der Waals surface area contributed by atoms with Crippen molar-refractivity contribution in [3.8, 4) is 11.4 Å². The van der Waals surface area contributed by atoms with Gasteiger partial charge in [-0.15, -0.1) is 0 Å². The highest BCUT2D eigenvalue weighted by molar-refractivity contribution is 5.97. The highest BCUT2D eigenvalue weighted by Gasteiger charge is 2.18. The Bertz CT molecular complexity index is 1250. The molecule has 0 aliphatic rings. The molecular weight excluding hydrogens is 334 g/mol. The van der Waals surface area contributed by atoms with Gasteiger partial charge in [-0.25, -0.2) is 15.0 Å². The van der Waals surface area contributed by atoms with Gasteiger partial charge in [0, 0.05) is 5.56 Å². The molecule has 0 fully saturated rings. The van der Waals surface area contributed by atoms with Gasteiger partial charge in [-0.05, 0) is 16.3 Å². The van der Waals surface area contributed by atoms with Crippen LogP contribution in [0.1, 0.15) is 5.56 Å². The Morgan fingerprint density at radius 3 is 2.48 bits per heavy atom. The van der Waals surface area contributed by atoms with Crippen LogP contribution in [0.3, 0.4) is 0 Å². The number of hydrogen-bond acceptors (Lipinski definition) is 4. The zero-order valence-electron chi connectivity index (χ0n) is 14.6. The van der Waals surface area contributed by atoms with E-state index in [4.69, 9.17) is 10.7 Å². The van der Waals surface area contributed by atoms with Crippen LogP contribution >= 0.6 is 0 Å². The van der Waals surface area contributed by atoms with Crippen LogP contribution in [0.4, 0.5) is 5.82 Å². The molecule has 0 aliphatic carbocycles. The van der Waals surface area contributed by atoms with Crippen LogP contribution in [0.15, 0.2) is 79.1 Å². The van der Waals surface area contributed by atoms with Crippen molar-refractivity contribution in [1.29, 1.82) is 0 Å². The van der Waals surface area contributed by atoms with E-state index in [1.165, 1.54) is 17.3 Å². The number of anilines is 1. The molecule has 0 unspecified atom stereocenters. The molecule has 2 heterocycles. The summed E-state index contributed by atoms with van der Waals surface area (Å²) in [6, 6.07) is 24.9. The fraction of sp³-hybridized carbons (Fsp3) is 0.0455. The molecule has 3 aromatic carbocycles. The third kappa shape index (κ3) is 2.60. The van der Waals surface area contributed by atoms with Crippen molar-refractivity contribution in [2.24, 2.45) is 0 Å². The lowest BCUT2D eigenvalue weighted by atomic mass is 10.0. The van der Waals surface area contributed by atoms with E-state index in [9.17, 15) is 0 Å². The summed E-state index contributed by atoms with van der Waals surface area (Å²) >= 11 is 0. The maximum atomic E-state index is 6.10. The minimum atomic E-state index is 0.397. The second-order valence-corrected chi connectivity index (χ2v) is 6.46. The normalized spacial score (nSPS) is 11.3. The Morgan fingerprint density at radius 1 is 0.815 bits per heavy atom. The summed E-state index contributed by atoms with van der Waals surface area (Å²) in [6.45, 7) is 0.659. The second kappa shape index (κ2) is 6.21. The summed E-state index contributed by atoms with van der Waals surface area (Å²) in [5.74, 6) is 1.24. The monoisotopic (exact) mass is 351 g/mol. The van der Waals surface area contributed by atoms with E-state index in [1.54, 1.807) is 0 Å².